The SMILES string of the molecule is BrCC1(c2ccn3ccccc23)OCCO1. The molecule has 0 aromatic carbocycles. The van der Waals surface area contributed by atoms with Crippen molar-refractivity contribution >= 4 is 21.4 Å². The van der Waals surface area contributed by atoms with Crippen LogP contribution in [0.3, 0.4) is 0 Å². The molecule has 16 heavy (non-hydrogen) atoms. The largest absolute Gasteiger partial charge is 0.343 e. The van der Waals surface area contributed by atoms with E-state index < -0.39 is 5.79 Å². The van der Waals surface area contributed by atoms with E-state index in [2.05, 4.69) is 32.5 Å². The molecule has 1 aliphatic heterocycles. The van der Waals surface area contributed by atoms with Gasteiger partial charge in [-0.15, -0.1) is 0 Å². The summed E-state index contributed by atoms with van der Waals surface area (Å²) in [5.41, 5.74) is 2.21. The predicted molar refractivity (Wildman–Crippen MR) is 64.8 cm³/mol. The molecule has 2 aromatic heterocycles. The van der Waals surface area contributed by atoms with Gasteiger partial charge in [0.05, 0.1) is 24.1 Å². The Kier molecular flexibility index (Phi) is 2.50. The maximum atomic E-state index is 5.76. The third kappa shape index (κ3) is 1.41. The summed E-state index contributed by atoms with van der Waals surface area (Å²) in [5.74, 6) is -0.615. The van der Waals surface area contributed by atoms with Gasteiger partial charge in [0.15, 0.2) is 0 Å². The number of alkyl halides is 1. The van der Waals surface area contributed by atoms with Gasteiger partial charge in [-0.1, -0.05) is 22.0 Å². The van der Waals surface area contributed by atoms with Gasteiger partial charge in [-0.2, -0.15) is 0 Å². The highest BCUT2D eigenvalue weighted by Crippen LogP contribution is 2.36. The second kappa shape index (κ2) is 3.87. The maximum Gasteiger partial charge on any atom is 0.207 e. The minimum atomic E-state index is -0.615. The van der Waals surface area contributed by atoms with Gasteiger partial charge in [-0.3, -0.25) is 0 Å². The van der Waals surface area contributed by atoms with Gasteiger partial charge in [-0.25, -0.2) is 0 Å². The third-order valence-corrected chi connectivity index (χ3v) is 3.65. The van der Waals surface area contributed by atoms with E-state index in [1.165, 1.54) is 0 Å². The lowest BCUT2D eigenvalue weighted by Crippen LogP contribution is -2.28. The number of hydrogen-bond donors (Lipinski definition) is 0. The Bertz CT molecular complexity index is 502. The van der Waals surface area contributed by atoms with E-state index in [-0.39, 0.29) is 0 Å². The van der Waals surface area contributed by atoms with Crippen LogP contribution in [0, 0.1) is 0 Å². The molecule has 0 atom stereocenters. The molecule has 0 N–H and O–H groups in total. The van der Waals surface area contributed by atoms with Crippen LogP contribution < -0.4 is 0 Å². The number of fused-ring (bicyclic) bond motifs is 1. The summed E-state index contributed by atoms with van der Waals surface area (Å²) < 4.78 is 13.6. The molecule has 3 nitrogen and oxygen atoms in total. The summed E-state index contributed by atoms with van der Waals surface area (Å²) in [7, 11) is 0. The average Bonchev–Trinajstić information content (AvgIpc) is 2.96. The topological polar surface area (TPSA) is 22.9 Å². The number of nitrogens with zero attached hydrogens (tertiary/aromatic N) is 1. The van der Waals surface area contributed by atoms with Crippen molar-refractivity contribution < 1.29 is 9.47 Å². The first-order chi connectivity index (χ1) is 7.86. The fourth-order valence-electron chi connectivity index (χ4n) is 2.14. The number of ether oxygens (including phenoxy) is 2. The molecule has 1 aliphatic rings. The average molecular weight is 282 g/mol. The molecular weight excluding hydrogens is 270 g/mol. The molecule has 2 aromatic rings. The zero-order chi connectivity index (χ0) is 11.0. The van der Waals surface area contributed by atoms with Crippen LogP contribution in [0.15, 0.2) is 36.7 Å². The van der Waals surface area contributed by atoms with Crippen LogP contribution >= 0.6 is 15.9 Å². The summed E-state index contributed by atoms with van der Waals surface area (Å²) in [5, 5.41) is 0.647. The monoisotopic (exact) mass is 281 g/mol. The summed E-state index contributed by atoms with van der Waals surface area (Å²) in [4.78, 5) is 0. The Labute approximate surface area is 102 Å². The van der Waals surface area contributed by atoms with Crippen LogP contribution in [0.25, 0.3) is 5.52 Å². The quantitative estimate of drug-likeness (QED) is 0.790. The van der Waals surface area contributed by atoms with Crippen LogP contribution in [0.2, 0.25) is 0 Å². The van der Waals surface area contributed by atoms with Crippen LogP contribution in [0.5, 0.6) is 0 Å². The van der Waals surface area contributed by atoms with Gasteiger partial charge >= 0.3 is 0 Å². The lowest BCUT2D eigenvalue weighted by Gasteiger charge is -2.24. The zero-order valence-electron chi connectivity index (χ0n) is 8.73. The molecule has 3 rings (SSSR count). The first-order valence-corrected chi connectivity index (χ1v) is 6.38. The van der Waals surface area contributed by atoms with Gasteiger partial charge in [0, 0.05) is 18.0 Å². The molecule has 1 saturated heterocycles. The van der Waals surface area contributed by atoms with Crippen LogP contribution in [-0.4, -0.2) is 22.9 Å². The van der Waals surface area contributed by atoms with Crippen molar-refractivity contribution in [1.82, 2.24) is 4.40 Å². The first-order valence-electron chi connectivity index (χ1n) is 5.26. The zero-order valence-corrected chi connectivity index (χ0v) is 10.3. The van der Waals surface area contributed by atoms with Crippen LogP contribution in [0.1, 0.15) is 5.56 Å². The number of halogens is 1. The molecule has 0 spiro atoms. The van der Waals surface area contributed by atoms with Crippen LogP contribution in [-0.2, 0) is 15.3 Å². The standard InChI is InChI=1S/C12H12BrNO2/c13-9-12(15-7-8-16-12)10-4-6-14-5-2-1-3-11(10)14/h1-6H,7-9H2. The highest BCUT2D eigenvalue weighted by Gasteiger charge is 2.39. The van der Waals surface area contributed by atoms with Gasteiger partial charge in [0.25, 0.3) is 0 Å². The van der Waals surface area contributed by atoms with E-state index in [4.69, 9.17) is 9.47 Å². The van der Waals surface area contributed by atoms with Gasteiger partial charge in [0.2, 0.25) is 5.79 Å². The first kappa shape index (κ1) is 10.3. The minimum Gasteiger partial charge on any atom is -0.343 e. The molecule has 0 unspecified atom stereocenters. The molecule has 0 bridgehead atoms. The van der Waals surface area contributed by atoms with Crippen molar-refractivity contribution in [3.63, 3.8) is 0 Å². The molecule has 0 saturated carbocycles. The van der Waals surface area contributed by atoms with E-state index in [0.717, 1.165) is 11.1 Å². The fourth-order valence-corrected chi connectivity index (χ4v) is 2.76. The predicted octanol–water partition coefficient (Wildman–Crippen LogP) is 2.53. The molecule has 0 aliphatic carbocycles. The smallest absolute Gasteiger partial charge is 0.207 e. The molecule has 1 fully saturated rings. The highest BCUT2D eigenvalue weighted by atomic mass is 79.9. The lowest BCUT2D eigenvalue weighted by molar-refractivity contribution is -0.143. The van der Waals surface area contributed by atoms with Crippen molar-refractivity contribution in [1.29, 1.82) is 0 Å². The molecular formula is C12H12BrNO2. The van der Waals surface area contributed by atoms with Gasteiger partial charge < -0.3 is 13.9 Å². The Morgan fingerprint density at radius 2 is 2.00 bits per heavy atom. The summed E-state index contributed by atoms with van der Waals surface area (Å²) in [6.07, 6.45) is 4.05. The lowest BCUT2D eigenvalue weighted by atomic mass is 10.1. The maximum absolute atomic E-state index is 5.76. The van der Waals surface area contributed by atoms with E-state index in [0.29, 0.717) is 18.5 Å². The molecule has 0 amide bonds. The normalized spacial score (nSPS) is 19.3. The van der Waals surface area contributed by atoms with Crippen molar-refractivity contribution in [2.45, 2.75) is 5.79 Å². The minimum absolute atomic E-state index is 0.615. The van der Waals surface area contributed by atoms with Crippen molar-refractivity contribution in [2.75, 3.05) is 18.5 Å². The Hall–Kier alpha value is -0.840. The molecule has 3 heterocycles. The Morgan fingerprint density at radius 1 is 1.19 bits per heavy atom. The second-order valence-corrected chi connectivity index (χ2v) is 4.37. The number of rotatable bonds is 2. The number of hydrogen-bond acceptors (Lipinski definition) is 2. The summed E-state index contributed by atoms with van der Waals surface area (Å²) in [6, 6.07) is 8.16. The van der Waals surface area contributed by atoms with E-state index in [9.17, 15) is 0 Å². The Morgan fingerprint density at radius 3 is 2.75 bits per heavy atom. The third-order valence-electron chi connectivity index (χ3n) is 2.91. The Balaban J connectivity index is 2.17. The molecule has 4 heteroatoms. The van der Waals surface area contributed by atoms with Crippen molar-refractivity contribution in [3.8, 4) is 0 Å². The van der Waals surface area contributed by atoms with Crippen molar-refractivity contribution in [3.05, 3.63) is 42.2 Å². The molecule has 0 radical (unpaired) electrons. The number of aromatic nitrogens is 1. The van der Waals surface area contributed by atoms with E-state index in [1.807, 2.05) is 24.5 Å². The molecule has 84 valence electrons. The van der Waals surface area contributed by atoms with Crippen molar-refractivity contribution in [2.24, 2.45) is 0 Å². The number of pyridine rings is 1. The highest BCUT2D eigenvalue weighted by molar-refractivity contribution is 9.09. The van der Waals surface area contributed by atoms with Crippen LogP contribution in [0.4, 0.5) is 0 Å². The van der Waals surface area contributed by atoms with Gasteiger partial charge in [0.1, 0.15) is 0 Å². The summed E-state index contributed by atoms with van der Waals surface area (Å²) in [6.45, 7) is 1.30. The van der Waals surface area contributed by atoms with E-state index >= 15 is 0 Å². The van der Waals surface area contributed by atoms with E-state index in [1.54, 1.807) is 0 Å². The second-order valence-electron chi connectivity index (χ2n) is 3.81. The van der Waals surface area contributed by atoms with Gasteiger partial charge in [-0.05, 0) is 18.2 Å². The fraction of sp³-hybridized carbons (Fsp3) is 0.333. The summed E-state index contributed by atoms with van der Waals surface area (Å²) >= 11 is 3.48.